The van der Waals surface area contributed by atoms with E-state index in [9.17, 15) is 32.8 Å². The maximum atomic E-state index is 13.9. The van der Waals surface area contributed by atoms with Crippen LogP contribution in [0.15, 0.2) is 53.7 Å². The first-order valence-electron chi connectivity index (χ1n) is 14.0. The Morgan fingerprint density at radius 1 is 1.05 bits per heavy atom. The number of imide groups is 1. The minimum atomic E-state index is -1.19. The number of nitrogens with zero attached hydrogens (tertiary/aromatic N) is 2. The lowest BCUT2D eigenvalue weighted by atomic mass is 9.89. The van der Waals surface area contributed by atoms with E-state index in [1.165, 1.54) is 17.9 Å². The van der Waals surface area contributed by atoms with Crippen LogP contribution in [-0.2, 0) is 14.3 Å². The number of rotatable bonds is 8. The lowest BCUT2D eigenvalue weighted by Gasteiger charge is -2.34. The third-order valence-electron chi connectivity index (χ3n) is 7.63. The first-order chi connectivity index (χ1) is 21.0. The maximum Gasteiger partial charge on any atom is 0.407 e. The number of esters is 1. The van der Waals surface area contributed by atoms with E-state index >= 15 is 0 Å². The number of hydrogen-bond acceptors (Lipinski definition) is 6. The normalized spacial score (nSPS) is 17.2. The lowest BCUT2D eigenvalue weighted by Crippen LogP contribution is -2.53. The number of carbonyl (C=O) groups is 5. The molecule has 0 aliphatic carbocycles. The van der Waals surface area contributed by atoms with Crippen LogP contribution in [0, 0.1) is 11.6 Å². The summed E-state index contributed by atoms with van der Waals surface area (Å²) in [6.45, 7) is 2.30. The second-order valence-corrected chi connectivity index (χ2v) is 10.4. The molecule has 2 aliphatic heterocycles. The van der Waals surface area contributed by atoms with Gasteiger partial charge < -0.3 is 30.7 Å². The molecule has 2 aromatic carbocycles. The van der Waals surface area contributed by atoms with Crippen molar-refractivity contribution in [1.82, 2.24) is 20.4 Å². The zero-order valence-corrected chi connectivity index (χ0v) is 24.2. The standard InChI is InChI=1S/C30H33F2N5O7/c1-17-25(27(39)44-2)26(20-8-9-22(31)23(32)16-20)35-29(41)37(17)28(40)33-12-4-7-24(38)34-21-6-3-5-19(15-21)18-10-13-36(14-11-18)30(42)43/h3,5-6,8-9,15-16,18,26H,4,7,10-14H2,1-2H3,(H,33,40)(H,34,38)(H,35,41)(H,42,43). The van der Waals surface area contributed by atoms with Crippen LogP contribution in [0.2, 0.25) is 0 Å². The Hall–Kier alpha value is -5.01. The van der Waals surface area contributed by atoms with Gasteiger partial charge in [-0.1, -0.05) is 18.2 Å². The van der Waals surface area contributed by atoms with E-state index in [2.05, 4.69) is 16.0 Å². The first-order valence-corrected chi connectivity index (χ1v) is 14.0. The van der Waals surface area contributed by atoms with Crippen LogP contribution in [0.4, 0.5) is 28.9 Å². The maximum absolute atomic E-state index is 13.9. The second-order valence-electron chi connectivity index (χ2n) is 10.4. The average Bonchev–Trinajstić information content (AvgIpc) is 3.00. The molecule has 0 bridgehead atoms. The molecule has 0 aromatic heterocycles. The fraction of sp³-hybridized carbons (Fsp3) is 0.367. The van der Waals surface area contributed by atoms with Gasteiger partial charge in [0.25, 0.3) is 0 Å². The molecule has 0 radical (unpaired) electrons. The number of piperidine rings is 1. The van der Waals surface area contributed by atoms with Crippen molar-refractivity contribution in [2.75, 3.05) is 32.1 Å². The number of carbonyl (C=O) groups excluding carboxylic acids is 4. The van der Waals surface area contributed by atoms with Gasteiger partial charge in [-0.3, -0.25) is 4.79 Å². The van der Waals surface area contributed by atoms with Gasteiger partial charge in [0, 0.05) is 37.4 Å². The fourth-order valence-corrected chi connectivity index (χ4v) is 5.33. The number of nitrogens with one attached hydrogen (secondary N) is 3. The molecule has 44 heavy (non-hydrogen) atoms. The Balaban J connectivity index is 1.32. The molecule has 6 amide bonds. The minimum Gasteiger partial charge on any atom is -0.466 e. The molecule has 0 saturated carbocycles. The molecule has 234 valence electrons. The van der Waals surface area contributed by atoms with Crippen LogP contribution in [0.25, 0.3) is 0 Å². The largest absolute Gasteiger partial charge is 0.466 e. The molecule has 2 aliphatic rings. The van der Waals surface area contributed by atoms with Gasteiger partial charge in [0.1, 0.15) is 0 Å². The van der Waals surface area contributed by atoms with Crippen molar-refractivity contribution in [2.24, 2.45) is 0 Å². The van der Waals surface area contributed by atoms with Crippen molar-refractivity contribution in [1.29, 1.82) is 0 Å². The predicted octanol–water partition coefficient (Wildman–Crippen LogP) is 4.46. The number of ether oxygens (including phenoxy) is 1. The van der Waals surface area contributed by atoms with Crippen LogP contribution in [0.5, 0.6) is 0 Å². The van der Waals surface area contributed by atoms with Gasteiger partial charge in [-0.25, -0.2) is 32.9 Å². The molecule has 12 nitrogen and oxygen atoms in total. The first kappa shape index (κ1) is 31.9. The van der Waals surface area contributed by atoms with Crippen molar-refractivity contribution in [3.63, 3.8) is 0 Å². The molecule has 0 spiro atoms. The third kappa shape index (κ3) is 7.30. The van der Waals surface area contributed by atoms with Gasteiger partial charge in [-0.05, 0) is 67.5 Å². The Labute approximate surface area is 252 Å². The smallest absolute Gasteiger partial charge is 0.407 e. The van der Waals surface area contributed by atoms with Crippen molar-refractivity contribution in [3.05, 3.63) is 76.5 Å². The summed E-state index contributed by atoms with van der Waals surface area (Å²) in [7, 11) is 1.11. The Morgan fingerprint density at radius 2 is 1.77 bits per heavy atom. The summed E-state index contributed by atoms with van der Waals surface area (Å²) < 4.78 is 32.2. The number of halogens is 2. The van der Waals surface area contributed by atoms with E-state index < -0.39 is 41.8 Å². The van der Waals surface area contributed by atoms with Gasteiger partial charge in [-0.15, -0.1) is 0 Å². The van der Waals surface area contributed by atoms with Gasteiger partial charge in [-0.2, -0.15) is 0 Å². The highest BCUT2D eigenvalue weighted by Gasteiger charge is 2.39. The Kier molecular flexibility index (Phi) is 10.1. The number of likely N-dealkylation sites (tertiary alicyclic amines) is 1. The van der Waals surface area contributed by atoms with E-state index in [-0.39, 0.29) is 48.0 Å². The third-order valence-corrected chi connectivity index (χ3v) is 7.63. The lowest BCUT2D eigenvalue weighted by molar-refractivity contribution is -0.136. The van der Waals surface area contributed by atoms with E-state index in [1.54, 1.807) is 6.07 Å². The van der Waals surface area contributed by atoms with E-state index in [1.807, 2.05) is 18.2 Å². The fourth-order valence-electron chi connectivity index (χ4n) is 5.33. The number of allylic oxidation sites excluding steroid dienone is 1. The Morgan fingerprint density at radius 3 is 2.43 bits per heavy atom. The summed E-state index contributed by atoms with van der Waals surface area (Å²) >= 11 is 0. The number of amides is 6. The van der Waals surface area contributed by atoms with Crippen LogP contribution in [0.1, 0.15) is 55.7 Å². The topological polar surface area (TPSA) is 157 Å². The second kappa shape index (κ2) is 14.0. The molecule has 14 heteroatoms. The molecule has 4 rings (SSSR count). The van der Waals surface area contributed by atoms with E-state index in [0.29, 0.717) is 36.5 Å². The summed E-state index contributed by atoms with van der Waals surface area (Å²) in [5, 5.41) is 17.0. The molecule has 2 heterocycles. The molecule has 1 saturated heterocycles. The predicted molar refractivity (Wildman–Crippen MR) is 153 cm³/mol. The number of urea groups is 2. The molecule has 1 unspecified atom stereocenters. The van der Waals surface area contributed by atoms with Gasteiger partial charge in [0.05, 0.1) is 18.7 Å². The van der Waals surface area contributed by atoms with Crippen molar-refractivity contribution in [2.45, 2.75) is 44.6 Å². The zero-order valence-electron chi connectivity index (χ0n) is 24.2. The zero-order chi connectivity index (χ0) is 32.0. The summed E-state index contributed by atoms with van der Waals surface area (Å²) in [6.07, 6.45) is 0.767. The number of carboxylic acid groups (broad SMARTS) is 1. The van der Waals surface area contributed by atoms with Gasteiger partial charge in [0.2, 0.25) is 5.91 Å². The quantitative estimate of drug-likeness (QED) is 0.253. The van der Waals surface area contributed by atoms with Crippen LogP contribution in [-0.4, -0.2) is 71.7 Å². The van der Waals surface area contributed by atoms with Crippen molar-refractivity contribution < 1.29 is 42.6 Å². The highest BCUT2D eigenvalue weighted by atomic mass is 19.2. The van der Waals surface area contributed by atoms with Crippen LogP contribution < -0.4 is 16.0 Å². The minimum absolute atomic E-state index is 0.0334. The average molecular weight is 614 g/mol. The number of benzene rings is 2. The molecule has 2 aromatic rings. The summed E-state index contributed by atoms with van der Waals surface area (Å²) in [5.74, 6) is -3.25. The monoisotopic (exact) mass is 613 g/mol. The summed E-state index contributed by atoms with van der Waals surface area (Å²) in [4.78, 5) is 64.2. The molecular formula is C30H33F2N5O7. The molecule has 1 fully saturated rings. The van der Waals surface area contributed by atoms with Crippen molar-refractivity contribution in [3.8, 4) is 0 Å². The highest BCUT2D eigenvalue weighted by molar-refractivity contribution is 6.02. The highest BCUT2D eigenvalue weighted by Crippen LogP contribution is 2.32. The summed E-state index contributed by atoms with van der Waals surface area (Å²) in [6, 6.07) is 7.39. The molecule has 1 atom stereocenters. The van der Waals surface area contributed by atoms with Crippen LogP contribution in [0.3, 0.4) is 0 Å². The van der Waals surface area contributed by atoms with Crippen molar-refractivity contribution >= 4 is 35.7 Å². The SMILES string of the molecule is COC(=O)C1=C(C)N(C(=O)NCCCC(=O)Nc2cccc(C3CCN(C(=O)O)CC3)c2)C(=O)NC1c1ccc(F)c(F)c1. The Bertz CT molecular complexity index is 1490. The van der Waals surface area contributed by atoms with Crippen LogP contribution >= 0.6 is 0 Å². The van der Waals surface area contributed by atoms with E-state index in [0.717, 1.165) is 24.8 Å². The molecule has 4 N–H and O–H groups in total. The molecular weight excluding hydrogens is 580 g/mol. The van der Waals surface area contributed by atoms with Gasteiger partial charge >= 0.3 is 24.1 Å². The number of methoxy groups -OCH3 is 1. The summed E-state index contributed by atoms with van der Waals surface area (Å²) in [5.41, 5.74) is 1.51. The van der Waals surface area contributed by atoms with Gasteiger partial charge in [0.15, 0.2) is 11.6 Å². The number of hydrogen-bond donors (Lipinski definition) is 4. The number of anilines is 1. The van der Waals surface area contributed by atoms with E-state index in [4.69, 9.17) is 9.84 Å².